The first-order valence-electron chi connectivity index (χ1n) is 12.0. The lowest BCUT2D eigenvalue weighted by Gasteiger charge is -2.36. The summed E-state index contributed by atoms with van der Waals surface area (Å²) in [4.78, 5) is 17.5. The summed E-state index contributed by atoms with van der Waals surface area (Å²) in [5.74, 6) is -0.577. The number of hydrogen-bond acceptors (Lipinski definition) is 4. The van der Waals surface area contributed by atoms with Crippen molar-refractivity contribution in [2.75, 3.05) is 44.7 Å². The van der Waals surface area contributed by atoms with Gasteiger partial charge in [0, 0.05) is 31.9 Å². The molecular formula is C29H33FN2O2. The van der Waals surface area contributed by atoms with E-state index in [0.717, 1.165) is 44.7 Å². The summed E-state index contributed by atoms with van der Waals surface area (Å²) in [7, 11) is 1.41. The first-order chi connectivity index (χ1) is 16.5. The van der Waals surface area contributed by atoms with Gasteiger partial charge < -0.3 is 9.64 Å². The van der Waals surface area contributed by atoms with Gasteiger partial charge in [0.2, 0.25) is 0 Å². The number of hydrogen-bond donors (Lipinski definition) is 0. The van der Waals surface area contributed by atoms with Crippen LogP contribution in [0.5, 0.6) is 0 Å². The molecule has 0 spiro atoms. The molecule has 0 saturated carbocycles. The Balaban J connectivity index is 1.29. The summed E-state index contributed by atoms with van der Waals surface area (Å²) >= 11 is 0. The highest BCUT2D eigenvalue weighted by atomic mass is 19.1. The molecule has 1 heterocycles. The molecule has 1 saturated heterocycles. The van der Waals surface area contributed by atoms with Crippen LogP contribution in [0.3, 0.4) is 0 Å². The van der Waals surface area contributed by atoms with Crippen molar-refractivity contribution in [2.45, 2.75) is 25.2 Å². The van der Waals surface area contributed by atoms with E-state index in [1.165, 1.54) is 36.1 Å². The molecule has 0 bridgehead atoms. The second-order valence-electron chi connectivity index (χ2n) is 9.18. The van der Waals surface area contributed by atoms with Crippen LogP contribution in [0.1, 0.15) is 25.3 Å². The summed E-state index contributed by atoms with van der Waals surface area (Å²) in [6, 6.07) is 25.4. The van der Waals surface area contributed by atoms with E-state index in [1.54, 1.807) is 12.1 Å². The van der Waals surface area contributed by atoms with E-state index < -0.39 is 5.41 Å². The second-order valence-corrected chi connectivity index (χ2v) is 9.18. The van der Waals surface area contributed by atoms with Gasteiger partial charge in [0.15, 0.2) is 0 Å². The average molecular weight is 461 g/mol. The number of carbonyl (C=O) groups excluding carboxylic acids is 1. The number of rotatable bonds is 8. The largest absolute Gasteiger partial charge is 0.468 e. The van der Waals surface area contributed by atoms with Crippen molar-refractivity contribution in [1.82, 2.24) is 4.90 Å². The maximum atomic E-state index is 13.4. The van der Waals surface area contributed by atoms with E-state index in [4.69, 9.17) is 4.74 Å². The van der Waals surface area contributed by atoms with E-state index in [0.29, 0.717) is 6.42 Å². The highest BCUT2D eigenvalue weighted by molar-refractivity contribution is 5.82. The van der Waals surface area contributed by atoms with Gasteiger partial charge in [-0.1, -0.05) is 54.6 Å². The molecule has 3 aromatic rings. The number of piperazine rings is 1. The molecule has 34 heavy (non-hydrogen) atoms. The van der Waals surface area contributed by atoms with Crippen LogP contribution in [-0.4, -0.2) is 50.7 Å². The SMILES string of the molecule is COC(=O)C(C)(CCCN1CCN(c2ccc(-c3ccccc3)cc2)CC1)c1ccc(F)cc1. The molecule has 0 aliphatic carbocycles. The van der Waals surface area contributed by atoms with Gasteiger partial charge in [-0.2, -0.15) is 0 Å². The molecule has 1 fully saturated rings. The lowest BCUT2D eigenvalue weighted by atomic mass is 9.78. The third kappa shape index (κ3) is 5.48. The fraction of sp³-hybridized carbons (Fsp3) is 0.345. The fourth-order valence-corrected chi connectivity index (χ4v) is 4.79. The topological polar surface area (TPSA) is 32.8 Å². The van der Waals surface area contributed by atoms with Crippen LogP contribution in [0.15, 0.2) is 78.9 Å². The normalized spacial score (nSPS) is 16.1. The van der Waals surface area contributed by atoms with E-state index in [9.17, 15) is 9.18 Å². The molecule has 0 aromatic heterocycles. The standard InChI is InChI=1S/C29H33FN2O2/c1-29(28(33)34-2,25-11-13-26(30)14-12-25)17-6-18-31-19-21-32(22-20-31)27-15-9-24(10-16-27)23-7-4-3-5-8-23/h3-5,7-16H,6,17-22H2,1-2H3. The molecule has 4 rings (SSSR count). The van der Waals surface area contributed by atoms with Gasteiger partial charge in [-0.05, 0) is 67.3 Å². The number of ether oxygens (including phenoxy) is 1. The minimum absolute atomic E-state index is 0.275. The van der Waals surface area contributed by atoms with Gasteiger partial charge in [-0.25, -0.2) is 4.39 Å². The van der Waals surface area contributed by atoms with Crippen LogP contribution in [0, 0.1) is 5.82 Å². The minimum atomic E-state index is -0.773. The van der Waals surface area contributed by atoms with E-state index in [2.05, 4.69) is 58.3 Å². The van der Waals surface area contributed by atoms with Crippen molar-refractivity contribution in [1.29, 1.82) is 0 Å². The van der Waals surface area contributed by atoms with Crippen LogP contribution in [0.2, 0.25) is 0 Å². The molecule has 178 valence electrons. The van der Waals surface area contributed by atoms with Crippen molar-refractivity contribution < 1.29 is 13.9 Å². The van der Waals surface area contributed by atoms with Crippen LogP contribution in [0.25, 0.3) is 11.1 Å². The lowest BCUT2D eigenvalue weighted by molar-refractivity contribution is -0.147. The van der Waals surface area contributed by atoms with Crippen LogP contribution in [-0.2, 0) is 14.9 Å². The number of nitrogens with zero attached hydrogens (tertiary/aromatic N) is 2. The number of methoxy groups -OCH3 is 1. The first kappa shape index (κ1) is 24.0. The van der Waals surface area contributed by atoms with Gasteiger partial charge in [-0.3, -0.25) is 9.69 Å². The number of anilines is 1. The molecule has 1 aliphatic heterocycles. The Morgan fingerprint density at radius 3 is 2.12 bits per heavy atom. The van der Waals surface area contributed by atoms with Crippen molar-refractivity contribution in [3.63, 3.8) is 0 Å². The first-order valence-corrected chi connectivity index (χ1v) is 12.0. The average Bonchev–Trinajstić information content (AvgIpc) is 2.89. The summed E-state index contributed by atoms with van der Waals surface area (Å²) in [6.45, 7) is 6.77. The van der Waals surface area contributed by atoms with Crippen molar-refractivity contribution in [3.05, 3.63) is 90.2 Å². The summed E-state index contributed by atoms with van der Waals surface area (Å²) in [5.41, 5.74) is 3.75. The van der Waals surface area contributed by atoms with Crippen molar-refractivity contribution >= 4 is 11.7 Å². The highest BCUT2D eigenvalue weighted by Crippen LogP contribution is 2.31. The quantitative estimate of drug-likeness (QED) is 0.414. The summed E-state index contributed by atoms with van der Waals surface area (Å²) < 4.78 is 18.5. The van der Waals surface area contributed by atoms with Gasteiger partial charge in [0.05, 0.1) is 12.5 Å². The van der Waals surface area contributed by atoms with Gasteiger partial charge in [0.25, 0.3) is 0 Å². The predicted molar refractivity (Wildman–Crippen MR) is 136 cm³/mol. The second kappa shape index (κ2) is 10.8. The van der Waals surface area contributed by atoms with Crippen LogP contribution >= 0.6 is 0 Å². The zero-order valence-electron chi connectivity index (χ0n) is 20.0. The zero-order chi connectivity index (χ0) is 24.0. The molecule has 1 unspecified atom stereocenters. The lowest BCUT2D eigenvalue weighted by Crippen LogP contribution is -2.47. The Morgan fingerprint density at radius 2 is 1.50 bits per heavy atom. The highest BCUT2D eigenvalue weighted by Gasteiger charge is 2.36. The summed E-state index contributed by atoms with van der Waals surface area (Å²) in [5, 5.41) is 0. The maximum Gasteiger partial charge on any atom is 0.315 e. The monoisotopic (exact) mass is 460 g/mol. The van der Waals surface area contributed by atoms with Gasteiger partial charge >= 0.3 is 5.97 Å². The number of benzene rings is 3. The number of carbonyl (C=O) groups is 1. The molecular weight excluding hydrogens is 427 g/mol. The minimum Gasteiger partial charge on any atom is -0.468 e. The number of halogens is 1. The third-order valence-electron chi connectivity index (χ3n) is 6.98. The van der Waals surface area contributed by atoms with E-state index in [-0.39, 0.29) is 11.8 Å². The Labute approximate surface area is 202 Å². The molecule has 0 radical (unpaired) electrons. The molecule has 4 nitrogen and oxygen atoms in total. The predicted octanol–water partition coefficient (Wildman–Crippen LogP) is 5.53. The molecule has 3 aromatic carbocycles. The molecule has 0 N–H and O–H groups in total. The molecule has 1 aliphatic rings. The fourth-order valence-electron chi connectivity index (χ4n) is 4.79. The molecule has 1 atom stereocenters. The van der Waals surface area contributed by atoms with E-state index >= 15 is 0 Å². The van der Waals surface area contributed by atoms with Crippen molar-refractivity contribution in [3.8, 4) is 11.1 Å². The Hall–Kier alpha value is -3.18. The maximum absolute atomic E-state index is 13.4. The number of esters is 1. The van der Waals surface area contributed by atoms with Gasteiger partial charge in [0.1, 0.15) is 5.82 Å². The Morgan fingerprint density at radius 1 is 0.882 bits per heavy atom. The third-order valence-corrected chi connectivity index (χ3v) is 6.98. The Kier molecular flexibility index (Phi) is 7.63. The molecule has 5 heteroatoms. The van der Waals surface area contributed by atoms with Crippen LogP contribution < -0.4 is 4.90 Å². The zero-order valence-corrected chi connectivity index (χ0v) is 20.0. The van der Waals surface area contributed by atoms with Crippen molar-refractivity contribution in [2.24, 2.45) is 0 Å². The van der Waals surface area contributed by atoms with Crippen LogP contribution in [0.4, 0.5) is 10.1 Å². The van der Waals surface area contributed by atoms with Gasteiger partial charge in [-0.15, -0.1) is 0 Å². The smallest absolute Gasteiger partial charge is 0.315 e. The van der Waals surface area contributed by atoms with E-state index in [1.807, 2.05) is 13.0 Å². The summed E-state index contributed by atoms with van der Waals surface area (Å²) in [6.07, 6.45) is 1.53. The Bertz CT molecular complexity index is 1060. The molecule has 0 amide bonds.